The number of nitrogens with one attached hydrogen (secondary N) is 1. The Hall–Kier alpha value is -1.87. The van der Waals surface area contributed by atoms with Crippen LogP contribution in [0, 0.1) is 0 Å². The van der Waals surface area contributed by atoms with Crippen LogP contribution >= 0.6 is 11.3 Å². The van der Waals surface area contributed by atoms with Gasteiger partial charge in [-0.1, -0.05) is 18.2 Å². The van der Waals surface area contributed by atoms with E-state index in [4.69, 9.17) is 0 Å². The molecule has 0 saturated carbocycles. The van der Waals surface area contributed by atoms with Gasteiger partial charge in [-0.05, 0) is 41.4 Å². The molecule has 1 N–H and O–H groups in total. The fraction of sp³-hybridized carbons (Fsp3) is 0.133. The van der Waals surface area contributed by atoms with Crippen LogP contribution in [-0.2, 0) is 0 Å². The van der Waals surface area contributed by atoms with E-state index in [-0.39, 0.29) is 0 Å². The summed E-state index contributed by atoms with van der Waals surface area (Å²) >= 11 is 1.73. The van der Waals surface area contributed by atoms with Crippen LogP contribution in [0.25, 0.3) is 10.9 Å². The fourth-order valence-electron chi connectivity index (χ4n) is 2.06. The molecule has 1 unspecified atom stereocenters. The topological polar surface area (TPSA) is 24.9 Å². The minimum absolute atomic E-state index is 0.295. The SMILES string of the molecule is CC(Nc1cccc2cccnc12)c1ccsc1. The summed E-state index contributed by atoms with van der Waals surface area (Å²) < 4.78 is 0. The Labute approximate surface area is 110 Å². The lowest BCUT2D eigenvalue weighted by Gasteiger charge is -2.15. The lowest BCUT2D eigenvalue weighted by Crippen LogP contribution is -2.06. The summed E-state index contributed by atoms with van der Waals surface area (Å²) in [6.45, 7) is 2.17. The Bertz CT molecular complexity index is 641. The first-order chi connectivity index (χ1) is 8.84. The second-order valence-electron chi connectivity index (χ2n) is 4.30. The van der Waals surface area contributed by atoms with Crippen molar-refractivity contribution in [2.24, 2.45) is 0 Å². The van der Waals surface area contributed by atoms with Gasteiger partial charge in [0.25, 0.3) is 0 Å². The molecule has 0 aliphatic heterocycles. The number of hydrogen-bond donors (Lipinski definition) is 1. The minimum atomic E-state index is 0.295. The highest BCUT2D eigenvalue weighted by atomic mass is 32.1. The van der Waals surface area contributed by atoms with E-state index in [1.807, 2.05) is 12.3 Å². The second-order valence-corrected chi connectivity index (χ2v) is 5.08. The lowest BCUT2D eigenvalue weighted by molar-refractivity contribution is 0.892. The number of fused-ring (bicyclic) bond motifs is 1. The Morgan fingerprint density at radius 3 is 2.89 bits per heavy atom. The molecule has 2 heterocycles. The van der Waals surface area contributed by atoms with Gasteiger partial charge in [0.05, 0.1) is 11.2 Å². The number of rotatable bonds is 3. The molecule has 0 radical (unpaired) electrons. The quantitative estimate of drug-likeness (QED) is 0.746. The zero-order valence-electron chi connectivity index (χ0n) is 10.1. The Kier molecular flexibility index (Phi) is 2.99. The number of pyridine rings is 1. The predicted molar refractivity (Wildman–Crippen MR) is 78.1 cm³/mol. The number of nitrogens with zero attached hydrogens (tertiary/aromatic N) is 1. The van der Waals surface area contributed by atoms with E-state index < -0.39 is 0 Å². The molecule has 1 atom stereocenters. The molecular weight excluding hydrogens is 240 g/mol. The van der Waals surface area contributed by atoms with Crippen molar-refractivity contribution in [2.45, 2.75) is 13.0 Å². The smallest absolute Gasteiger partial charge is 0.0933 e. The number of para-hydroxylation sites is 1. The van der Waals surface area contributed by atoms with Crippen molar-refractivity contribution in [1.82, 2.24) is 4.98 Å². The van der Waals surface area contributed by atoms with E-state index in [1.165, 1.54) is 10.9 Å². The van der Waals surface area contributed by atoms with Crippen LogP contribution in [0.3, 0.4) is 0 Å². The highest BCUT2D eigenvalue weighted by Crippen LogP contribution is 2.26. The highest BCUT2D eigenvalue weighted by molar-refractivity contribution is 7.07. The molecule has 3 heteroatoms. The Balaban J connectivity index is 1.95. The zero-order valence-corrected chi connectivity index (χ0v) is 10.9. The molecule has 3 rings (SSSR count). The molecule has 0 saturated heterocycles. The van der Waals surface area contributed by atoms with Crippen LogP contribution in [-0.4, -0.2) is 4.98 Å². The third-order valence-corrected chi connectivity index (χ3v) is 3.75. The first-order valence-electron chi connectivity index (χ1n) is 5.97. The standard InChI is InChI=1S/C15H14N2S/c1-11(13-7-9-18-10-13)17-14-6-2-4-12-5-3-8-16-15(12)14/h2-11,17H,1H3. The summed E-state index contributed by atoms with van der Waals surface area (Å²) in [5, 5.41) is 8.98. The summed E-state index contributed by atoms with van der Waals surface area (Å²) in [5.74, 6) is 0. The van der Waals surface area contributed by atoms with Gasteiger partial charge in [0.15, 0.2) is 0 Å². The van der Waals surface area contributed by atoms with Gasteiger partial charge >= 0.3 is 0 Å². The molecule has 2 nitrogen and oxygen atoms in total. The van der Waals surface area contributed by atoms with E-state index in [9.17, 15) is 0 Å². The summed E-state index contributed by atoms with van der Waals surface area (Å²) in [7, 11) is 0. The largest absolute Gasteiger partial charge is 0.377 e. The molecule has 0 bridgehead atoms. The summed E-state index contributed by atoms with van der Waals surface area (Å²) in [5.41, 5.74) is 3.43. The third kappa shape index (κ3) is 2.09. The van der Waals surface area contributed by atoms with E-state index >= 15 is 0 Å². The van der Waals surface area contributed by atoms with Gasteiger partial charge in [-0.2, -0.15) is 11.3 Å². The highest BCUT2D eigenvalue weighted by Gasteiger charge is 2.08. The van der Waals surface area contributed by atoms with Crippen molar-refractivity contribution >= 4 is 27.9 Å². The Morgan fingerprint density at radius 1 is 1.17 bits per heavy atom. The number of hydrogen-bond acceptors (Lipinski definition) is 3. The van der Waals surface area contributed by atoms with Gasteiger partial charge in [-0.3, -0.25) is 4.98 Å². The van der Waals surface area contributed by atoms with Crippen LogP contribution in [0.15, 0.2) is 53.4 Å². The molecule has 0 amide bonds. The van der Waals surface area contributed by atoms with Crippen molar-refractivity contribution in [3.05, 3.63) is 58.9 Å². The number of aromatic nitrogens is 1. The van der Waals surface area contributed by atoms with Gasteiger partial charge in [0, 0.05) is 17.6 Å². The van der Waals surface area contributed by atoms with E-state index in [2.05, 4.69) is 58.3 Å². The van der Waals surface area contributed by atoms with Gasteiger partial charge in [-0.15, -0.1) is 0 Å². The maximum Gasteiger partial charge on any atom is 0.0933 e. The molecule has 0 aliphatic carbocycles. The number of thiophene rings is 1. The Morgan fingerprint density at radius 2 is 2.06 bits per heavy atom. The van der Waals surface area contributed by atoms with Crippen molar-refractivity contribution in [3.8, 4) is 0 Å². The normalized spacial score (nSPS) is 12.5. The van der Waals surface area contributed by atoms with Crippen LogP contribution in [0.4, 0.5) is 5.69 Å². The first-order valence-corrected chi connectivity index (χ1v) is 6.91. The van der Waals surface area contributed by atoms with Crippen molar-refractivity contribution < 1.29 is 0 Å². The summed E-state index contributed by atoms with van der Waals surface area (Å²) in [6.07, 6.45) is 1.84. The average Bonchev–Trinajstić information content (AvgIpc) is 2.93. The predicted octanol–water partition coefficient (Wildman–Crippen LogP) is 4.47. The maximum atomic E-state index is 4.46. The molecule has 18 heavy (non-hydrogen) atoms. The van der Waals surface area contributed by atoms with Gasteiger partial charge in [0.2, 0.25) is 0 Å². The number of anilines is 1. The maximum absolute atomic E-state index is 4.46. The van der Waals surface area contributed by atoms with Crippen LogP contribution < -0.4 is 5.32 Å². The third-order valence-electron chi connectivity index (χ3n) is 3.05. The molecule has 90 valence electrons. The molecule has 1 aromatic carbocycles. The molecule has 0 aliphatic rings. The average molecular weight is 254 g/mol. The first kappa shape index (κ1) is 11.2. The summed E-state index contributed by atoms with van der Waals surface area (Å²) in [6, 6.07) is 12.7. The van der Waals surface area contributed by atoms with Crippen molar-refractivity contribution in [3.63, 3.8) is 0 Å². The molecular formula is C15H14N2S. The lowest BCUT2D eigenvalue weighted by atomic mass is 10.1. The van der Waals surface area contributed by atoms with E-state index in [1.54, 1.807) is 11.3 Å². The van der Waals surface area contributed by atoms with Gasteiger partial charge in [-0.25, -0.2) is 0 Å². The molecule has 0 fully saturated rings. The van der Waals surface area contributed by atoms with Crippen molar-refractivity contribution in [1.29, 1.82) is 0 Å². The zero-order chi connectivity index (χ0) is 12.4. The second kappa shape index (κ2) is 4.78. The summed E-state index contributed by atoms with van der Waals surface area (Å²) in [4.78, 5) is 4.46. The van der Waals surface area contributed by atoms with Crippen LogP contribution in [0.5, 0.6) is 0 Å². The molecule has 0 spiro atoms. The van der Waals surface area contributed by atoms with Gasteiger partial charge < -0.3 is 5.32 Å². The van der Waals surface area contributed by atoms with E-state index in [0.717, 1.165) is 11.2 Å². The number of benzene rings is 1. The molecule has 2 aromatic heterocycles. The van der Waals surface area contributed by atoms with Crippen LogP contribution in [0.1, 0.15) is 18.5 Å². The van der Waals surface area contributed by atoms with Gasteiger partial charge in [0.1, 0.15) is 0 Å². The molecule has 3 aromatic rings. The monoisotopic (exact) mass is 254 g/mol. The minimum Gasteiger partial charge on any atom is -0.377 e. The fourth-order valence-corrected chi connectivity index (χ4v) is 2.81. The van der Waals surface area contributed by atoms with Crippen LogP contribution in [0.2, 0.25) is 0 Å². The van der Waals surface area contributed by atoms with E-state index in [0.29, 0.717) is 6.04 Å². The van der Waals surface area contributed by atoms with Crippen molar-refractivity contribution in [2.75, 3.05) is 5.32 Å².